The first-order valence-corrected chi connectivity index (χ1v) is 6.67. The number of nitrogens with zero attached hydrogens (tertiary/aromatic N) is 1. The highest BCUT2D eigenvalue weighted by Gasteiger charge is 2.08. The highest BCUT2D eigenvalue weighted by atomic mass is 32.1. The van der Waals surface area contributed by atoms with Crippen LogP contribution in [0.1, 0.15) is 10.6 Å². The van der Waals surface area contributed by atoms with E-state index < -0.39 is 13.0 Å². The number of alkyl halides is 2. The number of hydrogen-bond donors (Lipinski definition) is 1. The molecule has 0 bridgehead atoms. The fourth-order valence-electron chi connectivity index (χ4n) is 1.56. The number of anilines is 1. The number of hydrogen-bond acceptors (Lipinski definition) is 4. The van der Waals surface area contributed by atoms with E-state index in [-0.39, 0.29) is 0 Å². The first kappa shape index (κ1) is 13.7. The van der Waals surface area contributed by atoms with Crippen LogP contribution in [0.2, 0.25) is 0 Å². The second-order valence-electron chi connectivity index (χ2n) is 3.91. The van der Waals surface area contributed by atoms with Crippen molar-refractivity contribution < 1.29 is 13.5 Å². The zero-order valence-corrected chi connectivity index (χ0v) is 11.2. The van der Waals surface area contributed by atoms with Crippen LogP contribution in [0.4, 0.5) is 14.5 Å². The molecular weight excluding hydrogens is 270 g/mol. The van der Waals surface area contributed by atoms with Crippen LogP contribution in [0.15, 0.2) is 29.8 Å². The first-order chi connectivity index (χ1) is 9.16. The van der Waals surface area contributed by atoms with Crippen LogP contribution in [0.25, 0.3) is 0 Å². The van der Waals surface area contributed by atoms with Gasteiger partial charge in [0, 0.05) is 4.88 Å². The first-order valence-electron chi connectivity index (χ1n) is 5.79. The molecule has 102 valence electrons. The Morgan fingerprint density at radius 2 is 2.16 bits per heavy atom. The largest absolute Gasteiger partial charge is 0.485 e. The zero-order chi connectivity index (χ0) is 13.7. The number of rotatable bonds is 6. The summed E-state index contributed by atoms with van der Waals surface area (Å²) in [6.07, 6.45) is -2.48. The summed E-state index contributed by atoms with van der Waals surface area (Å²) in [5.41, 5.74) is 3.46. The molecule has 1 N–H and O–H groups in total. The Labute approximate surface area is 114 Å². The Kier molecular flexibility index (Phi) is 4.68. The van der Waals surface area contributed by atoms with Gasteiger partial charge >= 0.3 is 0 Å². The van der Waals surface area contributed by atoms with Crippen molar-refractivity contribution in [2.24, 2.45) is 0 Å². The molecule has 0 atom stereocenters. The third-order valence-electron chi connectivity index (χ3n) is 2.54. The zero-order valence-electron chi connectivity index (χ0n) is 10.4. The second kappa shape index (κ2) is 6.47. The number of nitrogens with one attached hydrogen (secondary N) is 1. The quantitative estimate of drug-likeness (QED) is 0.878. The lowest BCUT2D eigenvalue weighted by molar-refractivity contribution is 0.0822. The van der Waals surface area contributed by atoms with E-state index in [2.05, 4.69) is 10.3 Å². The fraction of sp³-hybridized carbons (Fsp3) is 0.308. The second-order valence-corrected chi connectivity index (χ2v) is 4.85. The van der Waals surface area contributed by atoms with Gasteiger partial charge in [0.05, 0.1) is 23.4 Å². The predicted octanol–water partition coefficient (Wildman–Crippen LogP) is 3.71. The molecule has 0 aliphatic rings. The minimum atomic E-state index is -2.48. The lowest BCUT2D eigenvalue weighted by Gasteiger charge is -2.12. The maximum atomic E-state index is 12.2. The smallest absolute Gasteiger partial charge is 0.272 e. The summed E-state index contributed by atoms with van der Waals surface area (Å²) in [6.45, 7) is 1.94. The molecule has 0 saturated carbocycles. The Morgan fingerprint density at radius 1 is 1.37 bits per heavy atom. The molecule has 3 nitrogen and oxygen atoms in total. The van der Waals surface area contributed by atoms with Crippen molar-refractivity contribution in [3.05, 3.63) is 40.3 Å². The number of thiazole rings is 1. The maximum absolute atomic E-state index is 12.2. The lowest BCUT2D eigenvalue weighted by Crippen LogP contribution is -2.09. The summed E-state index contributed by atoms with van der Waals surface area (Å²) in [7, 11) is 0. The monoisotopic (exact) mass is 284 g/mol. The van der Waals surface area contributed by atoms with E-state index in [4.69, 9.17) is 4.74 Å². The Hall–Kier alpha value is -1.69. The molecule has 0 unspecified atom stereocenters. The van der Waals surface area contributed by atoms with E-state index >= 15 is 0 Å². The van der Waals surface area contributed by atoms with Gasteiger partial charge in [0.1, 0.15) is 12.4 Å². The molecule has 6 heteroatoms. The van der Waals surface area contributed by atoms with Crippen LogP contribution >= 0.6 is 11.3 Å². The number of para-hydroxylation sites is 2. The van der Waals surface area contributed by atoms with Gasteiger partial charge in [-0.3, -0.25) is 0 Å². The van der Waals surface area contributed by atoms with E-state index in [1.165, 1.54) is 0 Å². The lowest BCUT2D eigenvalue weighted by atomic mass is 10.3. The van der Waals surface area contributed by atoms with Crippen molar-refractivity contribution in [2.45, 2.75) is 19.9 Å². The van der Waals surface area contributed by atoms with Crippen LogP contribution < -0.4 is 10.1 Å². The average Bonchev–Trinajstić information content (AvgIpc) is 2.80. The Bertz CT molecular complexity index is 531. The molecule has 2 rings (SSSR count). The molecule has 1 heterocycles. The SMILES string of the molecule is Cc1ncsc1CNc1ccccc1OCC(F)F. The number of benzene rings is 1. The van der Waals surface area contributed by atoms with Gasteiger partial charge in [0.2, 0.25) is 0 Å². The summed E-state index contributed by atoms with van der Waals surface area (Å²) in [5, 5.41) is 3.18. The van der Waals surface area contributed by atoms with Crippen molar-refractivity contribution in [3.8, 4) is 5.75 Å². The van der Waals surface area contributed by atoms with Crippen LogP contribution in [0.3, 0.4) is 0 Å². The summed E-state index contributed by atoms with van der Waals surface area (Å²) >= 11 is 1.56. The van der Waals surface area contributed by atoms with Gasteiger partial charge in [-0.15, -0.1) is 11.3 Å². The van der Waals surface area contributed by atoms with Crippen LogP contribution in [0, 0.1) is 6.92 Å². The van der Waals surface area contributed by atoms with Gasteiger partial charge in [-0.05, 0) is 19.1 Å². The molecule has 0 fully saturated rings. The molecule has 1 aromatic heterocycles. The van der Waals surface area contributed by atoms with Crippen molar-refractivity contribution >= 4 is 17.0 Å². The van der Waals surface area contributed by atoms with E-state index in [0.29, 0.717) is 18.0 Å². The molecular formula is C13H14F2N2OS. The Balaban J connectivity index is 2.01. The summed E-state index contributed by atoms with van der Waals surface area (Å²) < 4.78 is 29.4. The third kappa shape index (κ3) is 3.89. The minimum Gasteiger partial charge on any atom is -0.485 e. The predicted molar refractivity (Wildman–Crippen MR) is 72.1 cm³/mol. The number of aryl methyl sites for hydroxylation is 1. The summed E-state index contributed by atoms with van der Waals surface area (Å²) in [6, 6.07) is 7.06. The molecule has 0 amide bonds. The number of halogens is 2. The van der Waals surface area contributed by atoms with E-state index in [1.54, 1.807) is 35.0 Å². The molecule has 0 aliphatic carbocycles. The standard InChI is InChI=1S/C13H14F2N2OS/c1-9-12(19-8-17-9)6-16-10-4-2-3-5-11(10)18-7-13(14)15/h2-5,8,13,16H,6-7H2,1H3. The summed E-state index contributed by atoms with van der Waals surface area (Å²) in [4.78, 5) is 5.27. The molecule has 2 aromatic rings. The van der Waals surface area contributed by atoms with Crippen molar-refractivity contribution in [1.82, 2.24) is 4.98 Å². The van der Waals surface area contributed by atoms with Gasteiger partial charge in [0.15, 0.2) is 0 Å². The minimum absolute atomic E-state index is 0.435. The van der Waals surface area contributed by atoms with Gasteiger partial charge in [-0.25, -0.2) is 13.8 Å². The van der Waals surface area contributed by atoms with Crippen molar-refractivity contribution in [3.63, 3.8) is 0 Å². The van der Waals surface area contributed by atoms with Crippen LogP contribution in [-0.4, -0.2) is 18.0 Å². The van der Waals surface area contributed by atoms with Gasteiger partial charge in [-0.1, -0.05) is 12.1 Å². The molecule has 19 heavy (non-hydrogen) atoms. The maximum Gasteiger partial charge on any atom is 0.272 e. The molecule has 0 aliphatic heterocycles. The molecule has 1 aromatic carbocycles. The van der Waals surface area contributed by atoms with Crippen molar-refractivity contribution in [2.75, 3.05) is 11.9 Å². The highest BCUT2D eigenvalue weighted by Crippen LogP contribution is 2.25. The number of aromatic nitrogens is 1. The van der Waals surface area contributed by atoms with Crippen LogP contribution in [-0.2, 0) is 6.54 Å². The molecule has 0 spiro atoms. The van der Waals surface area contributed by atoms with E-state index in [9.17, 15) is 8.78 Å². The highest BCUT2D eigenvalue weighted by molar-refractivity contribution is 7.09. The third-order valence-corrected chi connectivity index (χ3v) is 3.47. The molecule has 0 saturated heterocycles. The number of ether oxygens (including phenoxy) is 1. The van der Waals surface area contributed by atoms with E-state index in [0.717, 1.165) is 10.6 Å². The molecule has 0 radical (unpaired) electrons. The van der Waals surface area contributed by atoms with Gasteiger partial charge in [0.25, 0.3) is 6.43 Å². The topological polar surface area (TPSA) is 34.2 Å². The average molecular weight is 284 g/mol. The van der Waals surface area contributed by atoms with Crippen LogP contribution in [0.5, 0.6) is 5.75 Å². The van der Waals surface area contributed by atoms with Crippen molar-refractivity contribution in [1.29, 1.82) is 0 Å². The summed E-state index contributed by atoms with van der Waals surface area (Å²) in [5.74, 6) is 0.435. The fourth-order valence-corrected chi connectivity index (χ4v) is 2.28. The van der Waals surface area contributed by atoms with Gasteiger partial charge in [-0.2, -0.15) is 0 Å². The Morgan fingerprint density at radius 3 is 2.84 bits per heavy atom. The van der Waals surface area contributed by atoms with Gasteiger partial charge < -0.3 is 10.1 Å². The van der Waals surface area contributed by atoms with E-state index in [1.807, 2.05) is 13.0 Å². The normalized spacial score (nSPS) is 10.7.